The molecule has 12 heavy (non-hydrogen) atoms. The summed E-state index contributed by atoms with van der Waals surface area (Å²) in [6, 6.07) is 1.67. The summed E-state index contributed by atoms with van der Waals surface area (Å²) < 4.78 is 0. The fourth-order valence-corrected chi connectivity index (χ4v) is 0.962. The van der Waals surface area contributed by atoms with Gasteiger partial charge in [0.2, 0.25) is 0 Å². The number of aliphatic hydroxyl groups is 1. The number of anilines is 1. The molecule has 5 heteroatoms. The lowest BCUT2D eigenvalue weighted by molar-refractivity contribution is 0.505. The maximum absolute atomic E-state index is 9.32. The van der Waals surface area contributed by atoms with E-state index in [1.54, 1.807) is 6.07 Å². The molecule has 66 valence electrons. The molecule has 0 saturated carbocycles. The topological polar surface area (TPSA) is 114 Å². The number of H-pyrrole nitrogens is 1. The van der Waals surface area contributed by atoms with Crippen LogP contribution in [-0.2, 0) is 0 Å². The van der Waals surface area contributed by atoms with E-state index in [0.717, 1.165) is 5.69 Å². The van der Waals surface area contributed by atoms with Crippen molar-refractivity contribution >= 4 is 11.6 Å². The van der Waals surface area contributed by atoms with Crippen LogP contribution in [0.2, 0.25) is 0 Å². The normalized spacial score (nSPS) is 9.75. The highest BCUT2D eigenvalue weighted by Crippen LogP contribution is 2.19. The number of nitrogens with one attached hydrogen (secondary N) is 1. The molecule has 0 amide bonds. The van der Waals surface area contributed by atoms with E-state index in [2.05, 4.69) is 4.98 Å². The summed E-state index contributed by atoms with van der Waals surface area (Å²) in [7, 11) is 0. The zero-order valence-electron chi connectivity index (χ0n) is 6.76. The van der Waals surface area contributed by atoms with Crippen LogP contribution < -0.4 is 17.2 Å². The number of hydrogen-bond acceptors (Lipinski definition) is 4. The fraction of sp³-hybridized carbons (Fsp3) is 0.143. The minimum Gasteiger partial charge on any atom is -0.504 e. The van der Waals surface area contributed by atoms with Gasteiger partial charge in [0.25, 0.3) is 0 Å². The number of aryl methyl sites for hydroxylation is 1. The van der Waals surface area contributed by atoms with Gasteiger partial charge < -0.3 is 27.3 Å². The first-order valence-corrected chi connectivity index (χ1v) is 3.42. The Bertz CT molecular complexity index is 322. The summed E-state index contributed by atoms with van der Waals surface area (Å²) in [6.45, 7) is 1.82. The predicted octanol–water partition coefficient (Wildman–Crippen LogP) is 0.00682. The third-order valence-corrected chi connectivity index (χ3v) is 1.51. The van der Waals surface area contributed by atoms with Crippen molar-refractivity contribution in [1.29, 1.82) is 0 Å². The number of aromatic amines is 1. The molecule has 0 unspecified atom stereocenters. The second kappa shape index (κ2) is 2.69. The molecule has 0 atom stereocenters. The molecule has 1 aromatic rings. The predicted molar refractivity (Wildman–Crippen MR) is 47.9 cm³/mol. The Hall–Kier alpha value is -1.78. The first-order chi connectivity index (χ1) is 5.52. The van der Waals surface area contributed by atoms with Gasteiger partial charge in [-0.3, -0.25) is 0 Å². The molecule has 8 N–H and O–H groups in total. The number of aliphatic hydroxyl groups excluding tert-OH is 1. The molecule has 1 rings (SSSR count). The van der Waals surface area contributed by atoms with Gasteiger partial charge >= 0.3 is 0 Å². The van der Waals surface area contributed by atoms with Crippen LogP contribution in [0, 0.1) is 6.92 Å². The van der Waals surface area contributed by atoms with Crippen molar-refractivity contribution in [3.8, 4) is 0 Å². The van der Waals surface area contributed by atoms with Crippen LogP contribution in [0.15, 0.2) is 11.9 Å². The lowest BCUT2D eigenvalue weighted by Gasteiger charge is -1.99. The van der Waals surface area contributed by atoms with Crippen LogP contribution in [0.1, 0.15) is 11.3 Å². The summed E-state index contributed by atoms with van der Waals surface area (Å²) >= 11 is 0. The van der Waals surface area contributed by atoms with E-state index in [-0.39, 0.29) is 11.6 Å². The zero-order chi connectivity index (χ0) is 9.30. The van der Waals surface area contributed by atoms with Gasteiger partial charge in [-0.2, -0.15) is 0 Å². The average Bonchev–Trinajstić information content (AvgIpc) is 2.28. The summed E-state index contributed by atoms with van der Waals surface area (Å²) in [5.41, 5.74) is 17.2. The van der Waals surface area contributed by atoms with Gasteiger partial charge in [-0.05, 0) is 13.0 Å². The zero-order valence-corrected chi connectivity index (χ0v) is 6.76. The van der Waals surface area contributed by atoms with E-state index >= 15 is 0 Å². The highest BCUT2D eigenvalue weighted by atomic mass is 16.3. The first-order valence-electron chi connectivity index (χ1n) is 3.42. The molecule has 1 heterocycles. The van der Waals surface area contributed by atoms with Crippen molar-refractivity contribution in [3.05, 3.63) is 23.1 Å². The lowest BCUT2D eigenvalue weighted by atomic mass is 10.2. The highest BCUT2D eigenvalue weighted by Gasteiger charge is 2.08. The average molecular weight is 168 g/mol. The van der Waals surface area contributed by atoms with E-state index in [0.29, 0.717) is 11.4 Å². The Morgan fingerprint density at radius 3 is 2.42 bits per heavy atom. The van der Waals surface area contributed by atoms with Gasteiger partial charge in [0.1, 0.15) is 11.6 Å². The van der Waals surface area contributed by atoms with Gasteiger partial charge in [0, 0.05) is 5.69 Å². The molecule has 0 aliphatic rings. The number of rotatable bonds is 1. The summed E-state index contributed by atoms with van der Waals surface area (Å²) in [5.74, 6) is 0.0379. The van der Waals surface area contributed by atoms with E-state index in [1.165, 1.54) is 0 Å². The molecule has 0 aliphatic carbocycles. The Balaban J connectivity index is 3.20. The second-order valence-electron chi connectivity index (χ2n) is 2.58. The van der Waals surface area contributed by atoms with Crippen LogP contribution in [0.25, 0.3) is 5.76 Å². The van der Waals surface area contributed by atoms with Crippen LogP contribution in [-0.4, -0.2) is 10.1 Å². The Kier molecular flexibility index (Phi) is 1.86. The summed E-state index contributed by atoms with van der Waals surface area (Å²) in [6.07, 6.45) is 0. The molecular formula is C7H12N4O. The van der Waals surface area contributed by atoms with Crippen LogP contribution >= 0.6 is 0 Å². The van der Waals surface area contributed by atoms with Crippen molar-refractivity contribution in [3.63, 3.8) is 0 Å². The third kappa shape index (κ3) is 1.29. The van der Waals surface area contributed by atoms with Crippen LogP contribution in [0.3, 0.4) is 0 Å². The van der Waals surface area contributed by atoms with Crippen molar-refractivity contribution in [1.82, 2.24) is 4.98 Å². The SMILES string of the molecule is Cc1cc(C(O)=C(N)N)c(N)[nH]1. The van der Waals surface area contributed by atoms with Crippen molar-refractivity contribution < 1.29 is 5.11 Å². The molecule has 1 aromatic heterocycles. The lowest BCUT2D eigenvalue weighted by Crippen LogP contribution is -2.11. The van der Waals surface area contributed by atoms with Gasteiger partial charge in [-0.15, -0.1) is 0 Å². The quantitative estimate of drug-likeness (QED) is 0.380. The first kappa shape index (κ1) is 8.32. The Morgan fingerprint density at radius 1 is 1.50 bits per heavy atom. The van der Waals surface area contributed by atoms with E-state index in [4.69, 9.17) is 17.2 Å². The van der Waals surface area contributed by atoms with Crippen LogP contribution in [0.4, 0.5) is 5.82 Å². The molecule has 0 spiro atoms. The maximum atomic E-state index is 9.32. The molecule has 5 nitrogen and oxygen atoms in total. The standard InChI is InChI=1S/C7H12N4O/c1-3-2-4(7(10)11-3)5(12)6(8)9/h2,11-12H,8-10H2,1H3. The monoisotopic (exact) mass is 168 g/mol. The molecular weight excluding hydrogens is 156 g/mol. The Morgan fingerprint density at radius 2 is 2.08 bits per heavy atom. The van der Waals surface area contributed by atoms with Crippen molar-refractivity contribution in [2.45, 2.75) is 6.92 Å². The Labute approximate surface area is 69.9 Å². The molecule has 0 aliphatic heterocycles. The van der Waals surface area contributed by atoms with E-state index in [1.807, 2.05) is 6.92 Å². The van der Waals surface area contributed by atoms with Gasteiger partial charge in [0.05, 0.1) is 5.56 Å². The fourth-order valence-electron chi connectivity index (χ4n) is 0.962. The largest absolute Gasteiger partial charge is 0.504 e. The second-order valence-corrected chi connectivity index (χ2v) is 2.58. The van der Waals surface area contributed by atoms with Crippen molar-refractivity contribution in [2.24, 2.45) is 11.5 Å². The molecule has 0 saturated heterocycles. The molecule has 0 bridgehead atoms. The van der Waals surface area contributed by atoms with Gasteiger partial charge in [-0.25, -0.2) is 0 Å². The van der Waals surface area contributed by atoms with Crippen molar-refractivity contribution in [2.75, 3.05) is 5.73 Å². The minimum atomic E-state index is -0.183. The summed E-state index contributed by atoms with van der Waals surface area (Å²) in [5, 5.41) is 9.32. The number of hydrogen-bond donors (Lipinski definition) is 5. The molecule has 0 radical (unpaired) electrons. The molecule has 0 fully saturated rings. The number of nitrogen functional groups attached to an aromatic ring is 1. The van der Waals surface area contributed by atoms with Crippen LogP contribution in [0.5, 0.6) is 0 Å². The van der Waals surface area contributed by atoms with Gasteiger partial charge in [-0.1, -0.05) is 0 Å². The third-order valence-electron chi connectivity index (χ3n) is 1.51. The summed E-state index contributed by atoms with van der Waals surface area (Å²) in [4.78, 5) is 2.82. The van der Waals surface area contributed by atoms with E-state index < -0.39 is 0 Å². The maximum Gasteiger partial charge on any atom is 0.166 e. The number of aromatic nitrogens is 1. The number of nitrogens with two attached hydrogens (primary N) is 3. The smallest absolute Gasteiger partial charge is 0.166 e. The highest BCUT2D eigenvalue weighted by molar-refractivity contribution is 5.70. The molecule has 0 aromatic carbocycles. The van der Waals surface area contributed by atoms with E-state index in [9.17, 15) is 5.11 Å². The van der Waals surface area contributed by atoms with Gasteiger partial charge in [0.15, 0.2) is 5.76 Å². The minimum absolute atomic E-state index is 0.138.